The van der Waals surface area contributed by atoms with Crippen molar-refractivity contribution in [1.82, 2.24) is 0 Å². The van der Waals surface area contributed by atoms with Crippen molar-refractivity contribution >= 4 is 16.8 Å². The third-order valence-electron chi connectivity index (χ3n) is 1.76. The van der Waals surface area contributed by atoms with Gasteiger partial charge in [-0.25, -0.2) is 0 Å². The first-order valence-electron chi connectivity index (χ1n) is 3.34. The van der Waals surface area contributed by atoms with Gasteiger partial charge in [-0.1, -0.05) is 17.8 Å². The Morgan fingerprint density at radius 3 is 3.56 bits per heavy atom. The SMILES string of the molecule is C1=CC2CCCN=C2S1. The number of rotatable bonds is 0. The van der Waals surface area contributed by atoms with Crippen LogP contribution in [0.3, 0.4) is 0 Å². The first-order chi connectivity index (χ1) is 4.47. The van der Waals surface area contributed by atoms with Gasteiger partial charge in [-0.3, -0.25) is 4.99 Å². The Kier molecular flexibility index (Phi) is 1.34. The van der Waals surface area contributed by atoms with Crippen LogP contribution in [-0.2, 0) is 0 Å². The highest BCUT2D eigenvalue weighted by molar-refractivity contribution is 8.16. The van der Waals surface area contributed by atoms with Gasteiger partial charge >= 0.3 is 0 Å². The standard InChI is InChI=1S/C7H9NS/c1-2-6-3-5-9-7(6)8-4-1/h3,5-6H,1-2,4H2. The highest BCUT2D eigenvalue weighted by Crippen LogP contribution is 2.30. The van der Waals surface area contributed by atoms with Gasteiger partial charge in [0.05, 0.1) is 5.04 Å². The second-order valence-corrected chi connectivity index (χ2v) is 3.34. The number of allylic oxidation sites excluding steroid dienone is 1. The summed E-state index contributed by atoms with van der Waals surface area (Å²) < 4.78 is 0. The average molecular weight is 139 g/mol. The lowest BCUT2D eigenvalue weighted by Crippen LogP contribution is -2.10. The zero-order valence-electron chi connectivity index (χ0n) is 5.21. The van der Waals surface area contributed by atoms with Gasteiger partial charge < -0.3 is 0 Å². The Hall–Kier alpha value is -0.240. The van der Waals surface area contributed by atoms with Crippen molar-refractivity contribution in [2.24, 2.45) is 10.9 Å². The zero-order chi connectivity index (χ0) is 6.10. The van der Waals surface area contributed by atoms with Crippen LogP contribution in [-0.4, -0.2) is 11.6 Å². The molecule has 2 heterocycles. The first kappa shape index (κ1) is 5.54. The smallest absolute Gasteiger partial charge is 0.0786 e. The van der Waals surface area contributed by atoms with Crippen LogP contribution in [0, 0.1) is 5.92 Å². The van der Waals surface area contributed by atoms with Crippen LogP contribution in [0.2, 0.25) is 0 Å². The quantitative estimate of drug-likeness (QED) is 0.500. The van der Waals surface area contributed by atoms with Gasteiger partial charge in [-0.2, -0.15) is 0 Å². The Bertz CT molecular complexity index is 172. The molecule has 1 atom stereocenters. The largest absolute Gasteiger partial charge is 0.282 e. The van der Waals surface area contributed by atoms with Crippen molar-refractivity contribution in [3.63, 3.8) is 0 Å². The van der Waals surface area contributed by atoms with Gasteiger partial charge in [0.1, 0.15) is 0 Å². The summed E-state index contributed by atoms with van der Waals surface area (Å²) in [6, 6.07) is 0. The molecule has 2 aliphatic heterocycles. The molecule has 0 bridgehead atoms. The summed E-state index contributed by atoms with van der Waals surface area (Å²) in [5.74, 6) is 0.698. The summed E-state index contributed by atoms with van der Waals surface area (Å²) in [4.78, 5) is 4.41. The minimum absolute atomic E-state index is 0.698. The molecule has 0 saturated carbocycles. The lowest BCUT2D eigenvalue weighted by atomic mass is 10.0. The zero-order valence-corrected chi connectivity index (χ0v) is 6.03. The van der Waals surface area contributed by atoms with E-state index in [9.17, 15) is 0 Å². The number of hydrogen-bond donors (Lipinski definition) is 0. The lowest BCUT2D eigenvalue weighted by Gasteiger charge is -2.13. The number of thioether (sulfide) groups is 1. The first-order valence-corrected chi connectivity index (χ1v) is 4.22. The van der Waals surface area contributed by atoms with Crippen LogP contribution < -0.4 is 0 Å². The predicted molar refractivity (Wildman–Crippen MR) is 41.8 cm³/mol. The fraction of sp³-hybridized carbons (Fsp3) is 0.571. The molecular weight excluding hydrogens is 130 g/mol. The highest BCUT2D eigenvalue weighted by atomic mass is 32.2. The maximum Gasteiger partial charge on any atom is 0.0786 e. The van der Waals surface area contributed by atoms with Gasteiger partial charge in [0.25, 0.3) is 0 Å². The van der Waals surface area contributed by atoms with Gasteiger partial charge in [0.15, 0.2) is 0 Å². The van der Waals surface area contributed by atoms with Crippen molar-refractivity contribution in [2.45, 2.75) is 12.8 Å². The van der Waals surface area contributed by atoms with Crippen molar-refractivity contribution in [3.05, 3.63) is 11.5 Å². The minimum atomic E-state index is 0.698. The molecule has 9 heavy (non-hydrogen) atoms. The van der Waals surface area contributed by atoms with Gasteiger partial charge in [-0.15, -0.1) is 0 Å². The minimum Gasteiger partial charge on any atom is -0.282 e. The molecule has 0 N–H and O–H groups in total. The normalized spacial score (nSPS) is 32.0. The predicted octanol–water partition coefficient (Wildman–Crippen LogP) is 2.06. The Labute approximate surface area is 59.2 Å². The van der Waals surface area contributed by atoms with Gasteiger partial charge in [0, 0.05) is 12.5 Å². The molecule has 0 aromatic carbocycles. The molecule has 0 spiro atoms. The topological polar surface area (TPSA) is 12.4 Å². The van der Waals surface area contributed by atoms with E-state index in [1.807, 2.05) is 0 Å². The maximum atomic E-state index is 4.41. The van der Waals surface area contributed by atoms with Gasteiger partial charge in [-0.05, 0) is 18.2 Å². The molecule has 1 nitrogen and oxygen atoms in total. The second kappa shape index (κ2) is 2.18. The monoisotopic (exact) mass is 139 g/mol. The van der Waals surface area contributed by atoms with E-state index in [4.69, 9.17) is 0 Å². The Morgan fingerprint density at radius 2 is 2.67 bits per heavy atom. The summed E-state index contributed by atoms with van der Waals surface area (Å²) in [5.41, 5.74) is 0. The summed E-state index contributed by atoms with van der Waals surface area (Å²) in [6.45, 7) is 1.06. The molecule has 0 fully saturated rings. The number of aliphatic imine (C=N–C) groups is 1. The highest BCUT2D eigenvalue weighted by Gasteiger charge is 2.19. The Morgan fingerprint density at radius 1 is 1.67 bits per heavy atom. The van der Waals surface area contributed by atoms with Crippen molar-refractivity contribution in [3.8, 4) is 0 Å². The summed E-state index contributed by atoms with van der Waals surface area (Å²) in [6.07, 6.45) is 4.87. The third kappa shape index (κ3) is 0.917. The fourth-order valence-corrected chi connectivity index (χ4v) is 2.19. The van der Waals surface area contributed by atoms with E-state index in [-0.39, 0.29) is 0 Å². The number of nitrogens with zero attached hydrogens (tertiary/aromatic N) is 1. The summed E-state index contributed by atoms with van der Waals surface area (Å²) in [5, 5.41) is 3.51. The number of fused-ring (bicyclic) bond motifs is 1. The van der Waals surface area contributed by atoms with Crippen LogP contribution in [0.5, 0.6) is 0 Å². The summed E-state index contributed by atoms with van der Waals surface area (Å²) in [7, 11) is 0. The van der Waals surface area contributed by atoms with E-state index in [2.05, 4.69) is 16.5 Å². The molecule has 48 valence electrons. The molecule has 0 radical (unpaired) electrons. The van der Waals surface area contributed by atoms with Crippen LogP contribution in [0.1, 0.15) is 12.8 Å². The van der Waals surface area contributed by atoms with E-state index in [1.165, 1.54) is 17.9 Å². The molecule has 0 aromatic rings. The van der Waals surface area contributed by atoms with E-state index >= 15 is 0 Å². The summed E-state index contributed by atoms with van der Waals surface area (Å²) >= 11 is 1.80. The molecule has 2 heteroatoms. The van der Waals surface area contributed by atoms with E-state index in [0.717, 1.165) is 6.54 Å². The van der Waals surface area contributed by atoms with Crippen molar-refractivity contribution in [1.29, 1.82) is 0 Å². The van der Waals surface area contributed by atoms with Crippen LogP contribution >= 0.6 is 11.8 Å². The average Bonchev–Trinajstić information content (AvgIpc) is 2.33. The fourth-order valence-electron chi connectivity index (χ4n) is 1.25. The van der Waals surface area contributed by atoms with Gasteiger partial charge in [0.2, 0.25) is 0 Å². The third-order valence-corrected chi connectivity index (χ3v) is 2.72. The molecule has 2 aliphatic rings. The maximum absolute atomic E-state index is 4.41. The van der Waals surface area contributed by atoms with Crippen LogP contribution in [0.25, 0.3) is 0 Å². The van der Waals surface area contributed by atoms with E-state index < -0.39 is 0 Å². The molecule has 0 amide bonds. The molecule has 0 aromatic heterocycles. The van der Waals surface area contributed by atoms with E-state index in [0.29, 0.717) is 5.92 Å². The second-order valence-electron chi connectivity index (χ2n) is 2.42. The number of hydrogen-bond acceptors (Lipinski definition) is 2. The molecule has 0 aliphatic carbocycles. The molecule has 0 saturated heterocycles. The van der Waals surface area contributed by atoms with Crippen molar-refractivity contribution < 1.29 is 0 Å². The molecular formula is C7H9NS. The van der Waals surface area contributed by atoms with Crippen LogP contribution in [0.4, 0.5) is 0 Å². The Balaban J connectivity index is 2.22. The van der Waals surface area contributed by atoms with E-state index in [1.54, 1.807) is 11.8 Å². The van der Waals surface area contributed by atoms with Crippen LogP contribution in [0.15, 0.2) is 16.5 Å². The molecule has 2 rings (SSSR count). The van der Waals surface area contributed by atoms with Crippen molar-refractivity contribution in [2.75, 3.05) is 6.54 Å². The lowest BCUT2D eigenvalue weighted by molar-refractivity contribution is 0.663. The molecule has 1 unspecified atom stereocenters.